The van der Waals surface area contributed by atoms with Crippen molar-refractivity contribution in [2.24, 2.45) is 5.92 Å². The maximum Gasteiger partial charge on any atom is 0.307 e. The summed E-state index contributed by atoms with van der Waals surface area (Å²) in [7, 11) is 1.28. The number of esters is 1. The first-order valence-corrected chi connectivity index (χ1v) is 6.34. The molecule has 0 aliphatic heterocycles. The second-order valence-corrected chi connectivity index (χ2v) is 4.83. The molecule has 0 unspecified atom stereocenters. The van der Waals surface area contributed by atoms with E-state index in [0.717, 1.165) is 25.0 Å². The van der Waals surface area contributed by atoms with E-state index in [1.165, 1.54) is 13.2 Å². The van der Waals surface area contributed by atoms with Crippen molar-refractivity contribution in [3.05, 3.63) is 35.4 Å². The summed E-state index contributed by atoms with van der Waals surface area (Å²) in [4.78, 5) is 23.3. The van der Waals surface area contributed by atoms with Gasteiger partial charge in [0.15, 0.2) is 11.6 Å². The van der Waals surface area contributed by atoms with Gasteiger partial charge in [-0.25, -0.2) is 8.78 Å². The number of hydrogen-bond donors (Lipinski definition) is 1. The van der Waals surface area contributed by atoms with E-state index in [1.54, 1.807) is 0 Å². The molecule has 0 aromatic heterocycles. The molecule has 1 fully saturated rings. The maximum atomic E-state index is 13.1. The van der Waals surface area contributed by atoms with Crippen molar-refractivity contribution >= 4 is 11.9 Å². The molecule has 6 heteroatoms. The summed E-state index contributed by atoms with van der Waals surface area (Å²) in [5.41, 5.74) is 0.0272. The fourth-order valence-electron chi connectivity index (χ4n) is 1.99. The van der Waals surface area contributed by atoms with Crippen LogP contribution in [0.25, 0.3) is 0 Å². The van der Waals surface area contributed by atoms with Crippen LogP contribution >= 0.6 is 0 Å². The number of nitrogens with one attached hydrogen (secondary N) is 1. The molecule has 4 nitrogen and oxygen atoms in total. The zero-order valence-electron chi connectivity index (χ0n) is 11.0. The van der Waals surface area contributed by atoms with Crippen LogP contribution in [0.2, 0.25) is 0 Å². The molecule has 1 saturated carbocycles. The third-order valence-corrected chi connectivity index (χ3v) is 3.30. The van der Waals surface area contributed by atoms with E-state index in [4.69, 9.17) is 0 Å². The summed E-state index contributed by atoms with van der Waals surface area (Å²) in [6.07, 6.45) is 1.94. The standard InChI is InChI=1S/C14H15F2NO3/c1-20-13(18)7-12(8-2-3-8)17-14(19)9-4-5-10(15)11(16)6-9/h4-6,8,12H,2-3,7H2,1H3,(H,17,19)/t12-/m0/s1. The van der Waals surface area contributed by atoms with Crippen molar-refractivity contribution in [1.82, 2.24) is 5.32 Å². The highest BCUT2D eigenvalue weighted by Crippen LogP contribution is 2.34. The van der Waals surface area contributed by atoms with Gasteiger partial charge in [-0.1, -0.05) is 0 Å². The van der Waals surface area contributed by atoms with E-state index >= 15 is 0 Å². The van der Waals surface area contributed by atoms with Crippen LogP contribution in [0.15, 0.2) is 18.2 Å². The second-order valence-electron chi connectivity index (χ2n) is 4.83. The Labute approximate surface area is 115 Å². The molecular formula is C14H15F2NO3. The van der Waals surface area contributed by atoms with Crippen LogP contribution < -0.4 is 5.32 Å². The number of halogens is 2. The van der Waals surface area contributed by atoms with E-state index in [1.807, 2.05) is 0 Å². The highest BCUT2D eigenvalue weighted by molar-refractivity contribution is 5.94. The van der Waals surface area contributed by atoms with Gasteiger partial charge in [0.25, 0.3) is 5.91 Å². The highest BCUT2D eigenvalue weighted by atomic mass is 19.2. The Balaban J connectivity index is 2.04. The minimum absolute atomic E-state index is 0.0272. The number of ether oxygens (including phenoxy) is 1. The van der Waals surface area contributed by atoms with Gasteiger partial charge in [-0.05, 0) is 37.0 Å². The lowest BCUT2D eigenvalue weighted by molar-refractivity contribution is -0.141. The van der Waals surface area contributed by atoms with Gasteiger partial charge >= 0.3 is 5.97 Å². The molecule has 0 heterocycles. The monoisotopic (exact) mass is 283 g/mol. The third-order valence-electron chi connectivity index (χ3n) is 3.30. The van der Waals surface area contributed by atoms with E-state index in [0.29, 0.717) is 0 Å². The second kappa shape index (κ2) is 5.98. The van der Waals surface area contributed by atoms with Crippen molar-refractivity contribution in [2.75, 3.05) is 7.11 Å². The Bertz CT molecular complexity index is 529. The minimum atomic E-state index is -1.08. The summed E-state index contributed by atoms with van der Waals surface area (Å²) < 4.78 is 30.5. The van der Waals surface area contributed by atoms with Crippen LogP contribution in [0.3, 0.4) is 0 Å². The fourth-order valence-corrected chi connectivity index (χ4v) is 1.99. The smallest absolute Gasteiger partial charge is 0.307 e. The van der Waals surface area contributed by atoms with Gasteiger partial charge in [0.2, 0.25) is 0 Å². The number of carbonyl (C=O) groups is 2. The third kappa shape index (κ3) is 3.53. The van der Waals surface area contributed by atoms with Crippen LogP contribution in [0, 0.1) is 17.6 Å². The van der Waals surface area contributed by atoms with Gasteiger partial charge in [-0.2, -0.15) is 0 Å². The molecule has 1 aliphatic rings. The van der Waals surface area contributed by atoms with Crippen LogP contribution in [0.1, 0.15) is 29.6 Å². The molecule has 1 aromatic rings. The van der Waals surface area contributed by atoms with E-state index in [-0.39, 0.29) is 23.9 Å². The van der Waals surface area contributed by atoms with Crippen molar-refractivity contribution < 1.29 is 23.1 Å². The summed E-state index contributed by atoms with van der Waals surface area (Å²) in [5, 5.41) is 2.68. The van der Waals surface area contributed by atoms with E-state index in [9.17, 15) is 18.4 Å². The number of carbonyl (C=O) groups excluding carboxylic acids is 2. The average Bonchev–Trinajstić information content (AvgIpc) is 3.25. The maximum absolute atomic E-state index is 13.1. The highest BCUT2D eigenvalue weighted by Gasteiger charge is 2.34. The molecule has 1 aromatic carbocycles. The molecule has 0 spiro atoms. The molecule has 1 amide bonds. The molecule has 2 rings (SSSR count). The van der Waals surface area contributed by atoms with Crippen LogP contribution in [0.4, 0.5) is 8.78 Å². The number of hydrogen-bond acceptors (Lipinski definition) is 3. The number of rotatable bonds is 5. The first kappa shape index (κ1) is 14.4. The molecule has 0 bridgehead atoms. The van der Waals surface area contributed by atoms with Crippen LogP contribution in [0.5, 0.6) is 0 Å². The molecule has 0 saturated heterocycles. The van der Waals surface area contributed by atoms with Crippen molar-refractivity contribution in [3.63, 3.8) is 0 Å². The Hall–Kier alpha value is -1.98. The lowest BCUT2D eigenvalue weighted by Crippen LogP contribution is -2.38. The summed E-state index contributed by atoms with van der Waals surface area (Å²) >= 11 is 0. The van der Waals surface area contributed by atoms with Gasteiger partial charge in [-0.15, -0.1) is 0 Å². The Kier molecular flexibility index (Phi) is 4.32. The topological polar surface area (TPSA) is 55.4 Å². The number of methoxy groups -OCH3 is 1. The zero-order chi connectivity index (χ0) is 14.7. The van der Waals surface area contributed by atoms with Crippen LogP contribution in [-0.4, -0.2) is 25.0 Å². The average molecular weight is 283 g/mol. The number of benzene rings is 1. The van der Waals surface area contributed by atoms with Gasteiger partial charge in [0.05, 0.1) is 13.5 Å². The molecule has 1 aliphatic carbocycles. The molecular weight excluding hydrogens is 268 g/mol. The van der Waals surface area contributed by atoms with E-state index in [2.05, 4.69) is 10.1 Å². The molecule has 1 atom stereocenters. The molecule has 108 valence electrons. The molecule has 1 N–H and O–H groups in total. The lowest BCUT2D eigenvalue weighted by Gasteiger charge is -2.17. The summed E-state index contributed by atoms with van der Waals surface area (Å²) in [5.74, 6) is -2.77. The normalized spacial score (nSPS) is 15.6. The van der Waals surface area contributed by atoms with Gasteiger partial charge in [0, 0.05) is 11.6 Å². The summed E-state index contributed by atoms with van der Waals surface area (Å²) in [6.45, 7) is 0. The molecule has 20 heavy (non-hydrogen) atoms. The largest absolute Gasteiger partial charge is 0.469 e. The predicted octanol–water partition coefficient (Wildman–Crippen LogP) is 2.04. The van der Waals surface area contributed by atoms with E-state index < -0.39 is 23.5 Å². The van der Waals surface area contributed by atoms with Gasteiger partial charge in [-0.3, -0.25) is 9.59 Å². The van der Waals surface area contributed by atoms with Crippen LogP contribution in [-0.2, 0) is 9.53 Å². The molecule has 0 radical (unpaired) electrons. The van der Waals surface area contributed by atoms with Gasteiger partial charge in [0.1, 0.15) is 0 Å². The first-order valence-electron chi connectivity index (χ1n) is 6.34. The van der Waals surface area contributed by atoms with Crippen molar-refractivity contribution in [1.29, 1.82) is 0 Å². The quantitative estimate of drug-likeness (QED) is 0.841. The van der Waals surface area contributed by atoms with Crippen molar-refractivity contribution in [2.45, 2.75) is 25.3 Å². The van der Waals surface area contributed by atoms with Crippen molar-refractivity contribution in [3.8, 4) is 0 Å². The predicted molar refractivity (Wildman–Crippen MR) is 67.0 cm³/mol. The Morgan fingerprint density at radius 3 is 2.60 bits per heavy atom. The number of amides is 1. The SMILES string of the molecule is COC(=O)C[C@H](NC(=O)c1ccc(F)c(F)c1)C1CC1. The first-order chi connectivity index (χ1) is 9.51. The Morgan fingerprint density at radius 2 is 2.05 bits per heavy atom. The fraction of sp³-hybridized carbons (Fsp3) is 0.429. The minimum Gasteiger partial charge on any atom is -0.469 e. The van der Waals surface area contributed by atoms with Gasteiger partial charge < -0.3 is 10.1 Å². The Morgan fingerprint density at radius 1 is 1.35 bits per heavy atom. The summed E-state index contributed by atoms with van der Waals surface area (Å²) in [6, 6.07) is 2.61. The lowest BCUT2D eigenvalue weighted by atomic mass is 10.1. The zero-order valence-corrected chi connectivity index (χ0v) is 11.0.